The molecule has 2 aromatic rings. The normalized spacial score (nSPS) is 19.5. The van der Waals surface area contributed by atoms with Crippen molar-refractivity contribution in [3.8, 4) is 11.4 Å². The Morgan fingerprint density at radius 2 is 2.36 bits per heavy atom. The number of nitrogens with zero attached hydrogens (tertiary/aromatic N) is 4. The number of thiophene rings is 1. The molecule has 0 spiro atoms. The summed E-state index contributed by atoms with van der Waals surface area (Å²) in [4.78, 5) is 20.9. The van der Waals surface area contributed by atoms with Crippen molar-refractivity contribution in [1.82, 2.24) is 19.9 Å². The summed E-state index contributed by atoms with van der Waals surface area (Å²) in [6, 6.07) is 2.21. The van der Waals surface area contributed by atoms with Crippen LogP contribution in [0.5, 0.6) is 0 Å². The van der Waals surface area contributed by atoms with Gasteiger partial charge in [0, 0.05) is 49.5 Å². The van der Waals surface area contributed by atoms with Crippen molar-refractivity contribution in [2.75, 3.05) is 26.7 Å². The molecule has 1 aliphatic rings. The lowest BCUT2D eigenvalue weighted by Crippen LogP contribution is -2.52. The van der Waals surface area contributed by atoms with Crippen LogP contribution in [0.4, 0.5) is 0 Å². The maximum absolute atomic E-state index is 12.3. The van der Waals surface area contributed by atoms with Gasteiger partial charge in [-0.3, -0.25) is 4.79 Å². The van der Waals surface area contributed by atoms with E-state index in [0.29, 0.717) is 24.6 Å². The summed E-state index contributed by atoms with van der Waals surface area (Å²) in [5, 5.41) is 7.92. The zero-order valence-corrected chi connectivity index (χ0v) is 13.7. The molecule has 3 heterocycles. The second-order valence-electron chi connectivity index (χ2n) is 5.72. The van der Waals surface area contributed by atoms with Gasteiger partial charge in [-0.05, 0) is 25.4 Å². The Bertz CT molecular complexity index is 625. The zero-order chi connectivity index (χ0) is 15.5. The fourth-order valence-corrected chi connectivity index (χ4v) is 3.37. The Kier molecular flexibility index (Phi) is 4.54. The third-order valence-corrected chi connectivity index (χ3v) is 4.63. The van der Waals surface area contributed by atoms with E-state index in [1.807, 2.05) is 21.7 Å². The lowest BCUT2D eigenvalue weighted by atomic mass is 10.1. The molecule has 3 rings (SSSR count). The predicted molar refractivity (Wildman–Crippen MR) is 84.6 cm³/mol. The Morgan fingerprint density at radius 1 is 1.50 bits per heavy atom. The average molecular weight is 320 g/mol. The zero-order valence-electron chi connectivity index (χ0n) is 12.9. The molecule has 0 bridgehead atoms. The molecule has 22 heavy (non-hydrogen) atoms. The van der Waals surface area contributed by atoms with Crippen LogP contribution in [0.15, 0.2) is 21.3 Å². The molecule has 0 radical (unpaired) electrons. The molecule has 1 amide bonds. The largest absolute Gasteiger partial charge is 0.339 e. The van der Waals surface area contributed by atoms with E-state index < -0.39 is 0 Å². The highest BCUT2D eigenvalue weighted by molar-refractivity contribution is 7.08. The number of carbonyl (C=O) groups excluding carboxylic acids is 1. The Morgan fingerprint density at radius 3 is 3.09 bits per heavy atom. The minimum atomic E-state index is 0.163. The standard InChI is InChI=1S/C15H20N4O2S/c1-11-9-18(2)6-7-19(11)14(20)4-3-13-16-15(17-21-13)12-5-8-22-10-12/h5,8,10-11H,3-4,6-7,9H2,1-2H3. The number of hydrogen-bond acceptors (Lipinski definition) is 6. The molecule has 2 aromatic heterocycles. The van der Waals surface area contributed by atoms with E-state index in [9.17, 15) is 4.79 Å². The number of piperazine rings is 1. The van der Waals surface area contributed by atoms with Crippen molar-refractivity contribution < 1.29 is 9.32 Å². The molecule has 0 saturated carbocycles. The van der Waals surface area contributed by atoms with Crippen molar-refractivity contribution in [2.45, 2.75) is 25.8 Å². The van der Waals surface area contributed by atoms with E-state index in [0.717, 1.165) is 25.2 Å². The van der Waals surface area contributed by atoms with Crippen molar-refractivity contribution in [3.63, 3.8) is 0 Å². The van der Waals surface area contributed by atoms with Crippen LogP contribution in [0.2, 0.25) is 0 Å². The van der Waals surface area contributed by atoms with Crippen LogP contribution in [0.3, 0.4) is 0 Å². The minimum absolute atomic E-state index is 0.163. The number of aromatic nitrogens is 2. The minimum Gasteiger partial charge on any atom is -0.339 e. The number of rotatable bonds is 4. The van der Waals surface area contributed by atoms with E-state index in [4.69, 9.17) is 4.52 Å². The van der Waals surface area contributed by atoms with Gasteiger partial charge in [0.15, 0.2) is 0 Å². The summed E-state index contributed by atoms with van der Waals surface area (Å²) >= 11 is 1.59. The van der Waals surface area contributed by atoms with E-state index in [2.05, 4.69) is 29.0 Å². The molecule has 7 heteroatoms. The van der Waals surface area contributed by atoms with Crippen LogP contribution in [-0.2, 0) is 11.2 Å². The second kappa shape index (κ2) is 6.58. The lowest BCUT2D eigenvalue weighted by Gasteiger charge is -2.38. The van der Waals surface area contributed by atoms with Crippen LogP contribution >= 0.6 is 11.3 Å². The number of hydrogen-bond donors (Lipinski definition) is 0. The number of aryl methyl sites for hydroxylation is 1. The van der Waals surface area contributed by atoms with Gasteiger partial charge in [0.25, 0.3) is 0 Å². The highest BCUT2D eigenvalue weighted by Crippen LogP contribution is 2.19. The average Bonchev–Trinajstić information content (AvgIpc) is 3.16. The lowest BCUT2D eigenvalue weighted by molar-refractivity contribution is -0.135. The van der Waals surface area contributed by atoms with Crippen molar-refractivity contribution >= 4 is 17.2 Å². The first kappa shape index (κ1) is 15.2. The molecule has 0 aliphatic carbocycles. The molecule has 118 valence electrons. The molecule has 1 fully saturated rings. The molecule has 6 nitrogen and oxygen atoms in total. The summed E-state index contributed by atoms with van der Waals surface area (Å²) in [6.45, 7) is 4.74. The van der Waals surface area contributed by atoms with Gasteiger partial charge in [-0.2, -0.15) is 16.3 Å². The van der Waals surface area contributed by atoms with Gasteiger partial charge in [-0.25, -0.2) is 0 Å². The van der Waals surface area contributed by atoms with E-state index in [1.165, 1.54) is 0 Å². The van der Waals surface area contributed by atoms with Crippen molar-refractivity contribution in [2.24, 2.45) is 0 Å². The predicted octanol–water partition coefficient (Wildman–Crippen LogP) is 1.89. The van der Waals surface area contributed by atoms with Gasteiger partial charge >= 0.3 is 0 Å². The molecular weight excluding hydrogens is 300 g/mol. The Labute approximate surface area is 133 Å². The fraction of sp³-hybridized carbons (Fsp3) is 0.533. The smallest absolute Gasteiger partial charge is 0.227 e. The Hall–Kier alpha value is -1.73. The highest BCUT2D eigenvalue weighted by Gasteiger charge is 2.25. The first-order chi connectivity index (χ1) is 10.6. The molecule has 0 N–H and O–H groups in total. The summed E-state index contributed by atoms with van der Waals surface area (Å²) < 4.78 is 5.23. The number of likely N-dealkylation sites (N-methyl/N-ethyl adjacent to an activating group) is 1. The van der Waals surface area contributed by atoms with Crippen LogP contribution in [-0.4, -0.2) is 58.6 Å². The third-order valence-electron chi connectivity index (χ3n) is 3.95. The number of amides is 1. The fourth-order valence-electron chi connectivity index (χ4n) is 2.73. The van der Waals surface area contributed by atoms with Gasteiger partial charge in [0.05, 0.1) is 0 Å². The van der Waals surface area contributed by atoms with E-state index >= 15 is 0 Å². The Balaban J connectivity index is 1.55. The maximum Gasteiger partial charge on any atom is 0.227 e. The summed E-state index contributed by atoms with van der Waals surface area (Å²) in [7, 11) is 2.09. The molecule has 1 atom stereocenters. The van der Waals surface area contributed by atoms with Crippen LogP contribution in [0.25, 0.3) is 11.4 Å². The van der Waals surface area contributed by atoms with Gasteiger partial charge in [0.1, 0.15) is 0 Å². The van der Waals surface area contributed by atoms with Crippen LogP contribution < -0.4 is 0 Å². The first-order valence-electron chi connectivity index (χ1n) is 7.46. The van der Waals surface area contributed by atoms with Crippen molar-refractivity contribution in [1.29, 1.82) is 0 Å². The van der Waals surface area contributed by atoms with Gasteiger partial charge < -0.3 is 14.3 Å². The SMILES string of the molecule is CC1CN(C)CCN1C(=O)CCc1nc(-c2ccsc2)no1. The topological polar surface area (TPSA) is 62.5 Å². The van der Waals surface area contributed by atoms with Gasteiger partial charge in [-0.1, -0.05) is 5.16 Å². The van der Waals surface area contributed by atoms with Gasteiger partial charge in [-0.15, -0.1) is 0 Å². The van der Waals surface area contributed by atoms with Crippen LogP contribution in [0, 0.1) is 0 Å². The van der Waals surface area contributed by atoms with Crippen molar-refractivity contribution in [3.05, 3.63) is 22.7 Å². The molecular formula is C15H20N4O2S. The van der Waals surface area contributed by atoms with E-state index in [1.54, 1.807) is 11.3 Å². The third kappa shape index (κ3) is 3.36. The molecule has 1 aliphatic heterocycles. The summed E-state index contributed by atoms with van der Waals surface area (Å²) in [5.41, 5.74) is 0.957. The maximum atomic E-state index is 12.3. The monoisotopic (exact) mass is 320 g/mol. The number of carbonyl (C=O) groups is 1. The first-order valence-corrected chi connectivity index (χ1v) is 8.41. The molecule has 1 unspecified atom stereocenters. The molecule has 1 saturated heterocycles. The summed E-state index contributed by atoms with van der Waals surface area (Å²) in [5.74, 6) is 1.28. The van der Waals surface area contributed by atoms with E-state index in [-0.39, 0.29) is 11.9 Å². The van der Waals surface area contributed by atoms with Crippen LogP contribution in [0.1, 0.15) is 19.2 Å². The highest BCUT2D eigenvalue weighted by atomic mass is 32.1. The quantitative estimate of drug-likeness (QED) is 0.861. The second-order valence-corrected chi connectivity index (χ2v) is 6.50. The summed E-state index contributed by atoms with van der Waals surface area (Å²) in [6.07, 6.45) is 0.911. The molecule has 0 aromatic carbocycles. The van der Waals surface area contributed by atoms with Gasteiger partial charge in [0.2, 0.25) is 17.6 Å².